The number of halogens is 1. The second-order valence-electron chi connectivity index (χ2n) is 7.31. The molecular weight excluding hydrogens is 389 g/mol. The highest BCUT2D eigenvalue weighted by Gasteiger charge is 2.23. The van der Waals surface area contributed by atoms with Crippen molar-refractivity contribution >= 4 is 16.8 Å². The van der Waals surface area contributed by atoms with Gasteiger partial charge in [-0.1, -0.05) is 0 Å². The first-order valence-corrected chi connectivity index (χ1v) is 9.62. The predicted octanol–water partition coefficient (Wildman–Crippen LogP) is 3.23. The van der Waals surface area contributed by atoms with Gasteiger partial charge < -0.3 is 24.3 Å². The number of rotatable bonds is 7. The van der Waals surface area contributed by atoms with Crippen LogP contribution >= 0.6 is 0 Å². The molecule has 2 N–H and O–H groups in total. The Balaban J connectivity index is 2.00. The second-order valence-corrected chi connectivity index (χ2v) is 7.31. The van der Waals surface area contributed by atoms with Gasteiger partial charge in [-0.2, -0.15) is 0 Å². The Hall–Kier alpha value is -3.13. The SMILES string of the molecule is COCC(C)n1c(C)c(C(=O)NCc2c(OC)cc(C)[nH]c2=O)c2ccc(F)cc21. The van der Waals surface area contributed by atoms with Gasteiger partial charge in [0.25, 0.3) is 11.5 Å². The Morgan fingerprint density at radius 1 is 1.27 bits per heavy atom. The Bertz CT molecular complexity index is 1150. The molecule has 0 bridgehead atoms. The average molecular weight is 415 g/mol. The lowest BCUT2D eigenvalue weighted by Gasteiger charge is -2.17. The number of fused-ring (bicyclic) bond motifs is 1. The Kier molecular flexibility index (Phi) is 6.26. The van der Waals surface area contributed by atoms with Gasteiger partial charge in [-0.05, 0) is 45.0 Å². The normalized spacial score (nSPS) is 12.2. The maximum absolute atomic E-state index is 13.9. The number of pyridine rings is 1. The number of H-pyrrole nitrogens is 1. The number of hydrogen-bond donors (Lipinski definition) is 2. The van der Waals surface area contributed by atoms with Gasteiger partial charge in [0, 0.05) is 23.9 Å². The summed E-state index contributed by atoms with van der Waals surface area (Å²) in [5, 5.41) is 3.44. The van der Waals surface area contributed by atoms with E-state index in [1.165, 1.54) is 19.2 Å². The van der Waals surface area contributed by atoms with Crippen LogP contribution in [-0.2, 0) is 11.3 Å². The summed E-state index contributed by atoms with van der Waals surface area (Å²) in [6, 6.07) is 5.95. The lowest BCUT2D eigenvalue weighted by Crippen LogP contribution is -2.28. The molecule has 1 amide bonds. The van der Waals surface area contributed by atoms with Gasteiger partial charge in [0.2, 0.25) is 0 Å². The van der Waals surface area contributed by atoms with Gasteiger partial charge in [-0.25, -0.2) is 4.39 Å². The number of ether oxygens (including phenoxy) is 2. The summed E-state index contributed by atoms with van der Waals surface area (Å²) in [5.41, 5.74) is 2.43. The molecule has 3 aromatic rings. The van der Waals surface area contributed by atoms with Crippen molar-refractivity contribution in [3.05, 3.63) is 63.0 Å². The van der Waals surface area contributed by atoms with Crippen molar-refractivity contribution in [3.8, 4) is 5.75 Å². The number of aromatic nitrogens is 2. The number of benzene rings is 1. The summed E-state index contributed by atoms with van der Waals surface area (Å²) in [7, 11) is 3.07. The minimum Gasteiger partial charge on any atom is -0.496 e. The van der Waals surface area contributed by atoms with Crippen LogP contribution in [0.15, 0.2) is 29.1 Å². The maximum Gasteiger partial charge on any atom is 0.256 e. The fourth-order valence-electron chi connectivity index (χ4n) is 3.87. The van der Waals surface area contributed by atoms with Crippen LogP contribution in [0.2, 0.25) is 0 Å². The van der Waals surface area contributed by atoms with E-state index >= 15 is 0 Å². The quantitative estimate of drug-likeness (QED) is 0.620. The number of nitrogens with zero attached hydrogens (tertiary/aromatic N) is 1. The molecule has 0 aliphatic carbocycles. The van der Waals surface area contributed by atoms with Crippen LogP contribution < -0.4 is 15.6 Å². The molecule has 1 atom stereocenters. The fourth-order valence-corrected chi connectivity index (χ4v) is 3.87. The Labute approximate surface area is 173 Å². The van der Waals surface area contributed by atoms with Crippen LogP contribution in [0.25, 0.3) is 10.9 Å². The van der Waals surface area contributed by atoms with Crippen molar-refractivity contribution < 1.29 is 18.7 Å². The molecule has 8 heteroatoms. The number of nitrogens with one attached hydrogen (secondary N) is 2. The first-order chi connectivity index (χ1) is 14.3. The Morgan fingerprint density at radius 2 is 2.00 bits per heavy atom. The first kappa shape index (κ1) is 21.6. The van der Waals surface area contributed by atoms with E-state index in [1.807, 2.05) is 18.4 Å². The molecule has 1 unspecified atom stereocenters. The smallest absolute Gasteiger partial charge is 0.256 e. The topological polar surface area (TPSA) is 85.3 Å². The zero-order valence-corrected chi connectivity index (χ0v) is 17.8. The molecule has 160 valence electrons. The lowest BCUT2D eigenvalue weighted by atomic mass is 10.1. The second kappa shape index (κ2) is 8.71. The number of carbonyl (C=O) groups is 1. The van der Waals surface area contributed by atoms with E-state index in [1.54, 1.807) is 26.2 Å². The molecule has 0 saturated carbocycles. The summed E-state index contributed by atoms with van der Waals surface area (Å²) in [4.78, 5) is 28.1. The van der Waals surface area contributed by atoms with E-state index in [-0.39, 0.29) is 29.9 Å². The number of aromatic amines is 1. The van der Waals surface area contributed by atoms with Gasteiger partial charge in [0.15, 0.2) is 0 Å². The Morgan fingerprint density at radius 3 is 2.67 bits per heavy atom. The average Bonchev–Trinajstić information content (AvgIpc) is 2.97. The minimum atomic E-state index is -0.381. The van der Waals surface area contributed by atoms with E-state index in [9.17, 15) is 14.0 Å². The molecule has 1 aromatic carbocycles. The summed E-state index contributed by atoms with van der Waals surface area (Å²) in [6.45, 7) is 5.93. The maximum atomic E-state index is 13.9. The molecule has 0 spiro atoms. The summed E-state index contributed by atoms with van der Waals surface area (Å²) < 4.78 is 26.4. The third-order valence-corrected chi connectivity index (χ3v) is 5.16. The van der Waals surface area contributed by atoms with Crippen LogP contribution in [-0.4, -0.2) is 36.3 Å². The van der Waals surface area contributed by atoms with Crippen molar-refractivity contribution in [2.75, 3.05) is 20.8 Å². The number of methoxy groups -OCH3 is 2. The van der Waals surface area contributed by atoms with Crippen molar-refractivity contribution in [1.82, 2.24) is 14.9 Å². The molecule has 0 aliphatic rings. The molecular formula is C22H26FN3O4. The molecule has 2 aromatic heterocycles. The van der Waals surface area contributed by atoms with Gasteiger partial charge >= 0.3 is 0 Å². The molecule has 0 saturated heterocycles. The van der Waals surface area contributed by atoms with Crippen LogP contribution in [0, 0.1) is 19.7 Å². The van der Waals surface area contributed by atoms with Crippen molar-refractivity contribution in [2.24, 2.45) is 0 Å². The molecule has 30 heavy (non-hydrogen) atoms. The van der Waals surface area contributed by atoms with Crippen molar-refractivity contribution in [1.29, 1.82) is 0 Å². The van der Waals surface area contributed by atoms with Gasteiger partial charge in [-0.15, -0.1) is 0 Å². The van der Waals surface area contributed by atoms with Gasteiger partial charge in [0.05, 0.1) is 42.9 Å². The number of aryl methyl sites for hydroxylation is 1. The number of carbonyl (C=O) groups excluding carboxylic acids is 1. The third kappa shape index (κ3) is 3.95. The molecule has 2 heterocycles. The molecule has 7 nitrogen and oxygen atoms in total. The molecule has 0 radical (unpaired) electrons. The fraction of sp³-hybridized carbons (Fsp3) is 0.364. The predicted molar refractivity (Wildman–Crippen MR) is 113 cm³/mol. The highest BCUT2D eigenvalue weighted by Crippen LogP contribution is 2.30. The van der Waals surface area contributed by atoms with Crippen LogP contribution in [0.3, 0.4) is 0 Å². The monoisotopic (exact) mass is 415 g/mol. The minimum absolute atomic E-state index is 0.00144. The van der Waals surface area contributed by atoms with Gasteiger partial charge in [0.1, 0.15) is 11.6 Å². The van der Waals surface area contributed by atoms with Crippen LogP contribution in [0.4, 0.5) is 4.39 Å². The summed E-state index contributed by atoms with van der Waals surface area (Å²) >= 11 is 0. The third-order valence-electron chi connectivity index (χ3n) is 5.16. The van der Waals surface area contributed by atoms with Crippen LogP contribution in [0.5, 0.6) is 5.75 Å². The zero-order chi connectivity index (χ0) is 22.0. The summed E-state index contributed by atoms with van der Waals surface area (Å²) in [6.07, 6.45) is 0. The molecule has 0 aliphatic heterocycles. The summed E-state index contributed by atoms with van der Waals surface area (Å²) in [5.74, 6) is -0.324. The number of hydrogen-bond acceptors (Lipinski definition) is 4. The van der Waals surface area contributed by atoms with Crippen molar-refractivity contribution in [2.45, 2.75) is 33.4 Å². The van der Waals surface area contributed by atoms with Crippen LogP contribution in [0.1, 0.15) is 40.3 Å². The largest absolute Gasteiger partial charge is 0.496 e. The van der Waals surface area contributed by atoms with E-state index < -0.39 is 0 Å². The van der Waals surface area contributed by atoms with Gasteiger partial charge in [-0.3, -0.25) is 9.59 Å². The number of amides is 1. The van der Waals surface area contributed by atoms with Crippen molar-refractivity contribution in [3.63, 3.8) is 0 Å². The van der Waals surface area contributed by atoms with E-state index in [2.05, 4.69) is 10.3 Å². The van der Waals surface area contributed by atoms with E-state index in [0.717, 1.165) is 0 Å². The highest BCUT2D eigenvalue weighted by molar-refractivity contribution is 6.08. The molecule has 0 fully saturated rings. The zero-order valence-electron chi connectivity index (χ0n) is 17.8. The lowest BCUT2D eigenvalue weighted by molar-refractivity contribution is 0.0951. The van der Waals surface area contributed by atoms with E-state index in [0.29, 0.717) is 45.8 Å². The van der Waals surface area contributed by atoms with E-state index in [4.69, 9.17) is 9.47 Å². The molecule has 3 rings (SSSR count). The highest BCUT2D eigenvalue weighted by atomic mass is 19.1. The standard InChI is InChI=1S/C22H26FN3O4/c1-12-8-19(30-5)17(21(27)25-12)10-24-22(28)20-14(3)26(13(2)11-29-4)18-9-15(23)6-7-16(18)20/h6-9,13H,10-11H2,1-5H3,(H,24,28)(H,25,27). The first-order valence-electron chi connectivity index (χ1n) is 9.62.